The van der Waals surface area contributed by atoms with E-state index in [-0.39, 0.29) is 5.41 Å². The van der Waals surface area contributed by atoms with Crippen LogP contribution in [-0.2, 0) is 6.42 Å². The van der Waals surface area contributed by atoms with Crippen LogP contribution in [0.3, 0.4) is 0 Å². The number of benzene rings is 1. The van der Waals surface area contributed by atoms with Crippen LogP contribution in [0.1, 0.15) is 31.2 Å². The summed E-state index contributed by atoms with van der Waals surface area (Å²) in [6.07, 6.45) is 5.89. The highest BCUT2D eigenvalue weighted by Crippen LogP contribution is 2.41. The molecule has 2 rings (SSSR count). The molecule has 1 aromatic rings. The number of aliphatic hydroxyl groups excluding tert-OH is 1. The SMILES string of the molecule is OCC1(Cc2ccccc2Br)CCCC1. The van der Waals surface area contributed by atoms with Crippen LogP contribution in [-0.4, -0.2) is 11.7 Å². The molecule has 0 amide bonds. The Morgan fingerprint density at radius 3 is 2.47 bits per heavy atom. The third-order valence-corrected chi connectivity index (χ3v) is 4.30. The van der Waals surface area contributed by atoms with E-state index in [1.54, 1.807) is 0 Å². The van der Waals surface area contributed by atoms with Gasteiger partial charge in [-0.15, -0.1) is 0 Å². The minimum Gasteiger partial charge on any atom is -0.396 e. The van der Waals surface area contributed by atoms with Crippen LogP contribution < -0.4 is 0 Å². The molecule has 0 saturated heterocycles. The quantitative estimate of drug-likeness (QED) is 0.889. The van der Waals surface area contributed by atoms with Crippen molar-refractivity contribution in [2.45, 2.75) is 32.1 Å². The lowest BCUT2D eigenvalue weighted by Gasteiger charge is -2.26. The summed E-state index contributed by atoms with van der Waals surface area (Å²) in [4.78, 5) is 0. The average Bonchev–Trinajstić information content (AvgIpc) is 2.71. The summed E-state index contributed by atoms with van der Waals surface area (Å²) < 4.78 is 1.17. The smallest absolute Gasteiger partial charge is 0.0490 e. The second-order valence-corrected chi connectivity index (χ2v) is 5.49. The van der Waals surface area contributed by atoms with Crippen molar-refractivity contribution in [3.63, 3.8) is 0 Å². The van der Waals surface area contributed by atoms with Crippen molar-refractivity contribution in [1.29, 1.82) is 0 Å². The molecule has 1 aliphatic carbocycles. The topological polar surface area (TPSA) is 20.2 Å². The van der Waals surface area contributed by atoms with E-state index in [0.29, 0.717) is 6.61 Å². The van der Waals surface area contributed by atoms with Crippen molar-refractivity contribution in [3.8, 4) is 0 Å². The Balaban J connectivity index is 2.16. The van der Waals surface area contributed by atoms with Crippen molar-refractivity contribution in [2.24, 2.45) is 5.41 Å². The first-order valence-corrected chi connectivity index (χ1v) is 6.39. The van der Waals surface area contributed by atoms with Crippen LogP contribution >= 0.6 is 15.9 Å². The lowest BCUT2D eigenvalue weighted by Crippen LogP contribution is -2.24. The van der Waals surface area contributed by atoms with Gasteiger partial charge in [-0.3, -0.25) is 0 Å². The number of halogens is 1. The second-order valence-electron chi connectivity index (χ2n) is 4.63. The van der Waals surface area contributed by atoms with Gasteiger partial charge in [-0.2, -0.15) is 0 Å². The molecule has 15 heavy (non-hydrogen) atoms. The maximum atomic E-state index is 9.55. The van der Waals surface area contributed by atoms with E-state index in [2.05, 4.69) is 34.1 Å². The van der Waals surface area contributed by atoms with E-state index in [1.807, 2.05) is 6.07 Å². The number of hydrogen-bond acceptors (Lipinski definition) is 1. The Labute approximate surface area is 99.6 Å². The normalized spacial score (nSPS) is 19.3. The molecule has 0 aliphatic heterocycles. The average molecular weight is 269 g/mol. The van der Waals surface area contributed by atoms with E-state index in [1.165, 1.54) is 35.7 Å². The summed E-state index contributed by atoms with van der Waals surface area (Å²) in [6, 6.07) is 8.34. The van der Waals surface area contributed by atoms with Crippen molar-refractivity contribution < 1.29 is 5.11 Å². The highest BCUT2D eigenvalue weighted by atomic mass is 79.9. The second kappa shape index (κ2) is 4.67. The number of hydrogen-bond donors (Lipinski definition) is 1. The summed E-state index contributed by atoms with van der Waals surface area (Å²) in [5, 5.41) is 9.55. The Kier molecular flexibility index (Phi) is 3.47. The fourth-order valence-electron chi connectivity index (χ4n) is 2.56. The Bertz CT molecular complexity index is 329. The molecule has 2 heteroatoms. The Hall–Kier alpha value is -0.340. The van der Waals surface area contributed by atoms with Gasteiger partial charge in [0.1, 0.15) is 0 Å². The zero-order chi connectivity index (χ0) is 10.7. The third-order valence-electron chi connectivity index (χ3n) is 3.52. The maximum absolute atomic E-state index is 9.55. The van der Waals surface area contributed by atoms with Gasteiger partial charge >= 0.3 is 0 Å². The van der Waals surface area contributed by atoms with E-state index in [4.69, 9.17) is 0 Å². The van der Waals surface area contributed by atoms with Gasteiger partial charge in [0, 0.05) is 11.1 Å². The van der Waals surface area contributed by atoms with Crippen molar-refractivity contribution in [3.05, 3.63) is 34.3 Å². The summed E-state index contributed by atoms with van der Waals surface area (Å²) in [6.45, 7) is 0.328. The molecule has 0 aromatic heterocycles. The summed E-state index contributed by atoms with van der Waals surface area (Å²) >= 11 is 3.58. The van der Waals surface area contributed by atoms with Crippen molar-refractivity contribution >= 4 is 15.9 Å². The van der Waals surface area contributed by atoms with Gasteiger partial charge in [-0.1, -0.05) is 47.0 Å². The first-order valence-electron chi connectivity index (χ1n) is 5.60. The highest BCUT2D eigenvalue weighted by molar-refractivity contribution is 9.10. The first-order chi connectivity index (χ1) is 7.26. The molecule has 1 N–H and O–H groups in total. The molecular weight excluding hydrogens is 252 g/mol. The molecule has 0 radical (unpaired) electrons. The van der Waals surface area contributed by atoms with Crippen LogP contribution in [0.25, 0.3) is 0 Å². The lowest BCUT2D eigenvalue weighted by molar-refractivity contribution is 0.130. The minimum absolute atomic E-state index is 0.157. The first kappa shape index (κ1) is 11.2. The van der Waals surface area contributed by atoms with Gasteiger partial charge in [0.25, 0.3) is 0 Å². The Morgan fingerprint density at radius 1 is 1.20 bits per heavy atom. The molecule has 1 fully saturated rings. The molecule has 1 nitrogen and oxygen atoms in total. The predicted octanol–water partition coefficient (Wildman–Crippen LogP) is 3.54. The number of rotatable bonds is 3. The van der Waals surface area contributed by atoms with E-state index >= 15 is 0 Å². The van der Waals surface area contributed by atoms with Crippen LogP contribution in [0.15, 0.2) is 28.7 Å². The fourth-order valence-corrected chi connectivity index (χ4v) is 2.99. The molecule has 0 atom stereocenters. The van der Waals surface area contributed by atoms with Gasteiger partial charge in [0.05, 0.1) is 0 Å². The van der Waals surface area contributed by atoms with Crippen molar-refractivity contribution in [1.82, 2.24) is 0 Å². The van der Waals surface area contributed by atoms with Gasteiger partial charge in [-0.25, -0.2) is 0 Å². The van der Waals surface area contributed by atoms with E-state index in [0.717, 1.165) is 6.42 Å². The monoisotopic (exact) mass is 268 g/mol. The van der Waals surface area contributed by atoms with Gasteiger partial charge < -0.3 is 5.11 Å². The fraction of sp³-hybridized carbons (Fsp3) is 0.538. The van der Waals surface area contributed by atoms with Crippen LogP contribution in [0.5, 0.6) is 0 Å². The Morgan fingerprint density at radius 2 is 1.87 bits per heavy atom. The molecule has 1 aromatic carbocycles. The summed E-state index contributed by atoms with van der Waals surface area (Å²) in [7, 11) is 0. The van der Waals surface area contributed by atoms with Gasteiger partial charge in [0.2, 0.25) is 0 Å². The third kappa shape index (κ3) is 2.43. The van der Waals surface area contributed by atoms with Crippen LogP contribution in [0.4, 0.5) is 0 Å². The zero-order valence-corrected chi connectivity index (χ0v) is 10.5. The standard InChI is InChI=1S/C13H17BrO/c14-12-6-2-1-5-11(12)9-13(10-15)7-3-4-8-13/h1-2,5-6,15H,3-4,7-10H2. The highest BCUT2D eigenvalue weighted by Gasteiger charge is 2.33. The molecule has 0 bridgehead atoms. The van der Waals surface area contributed by atoms with Gasteiger partial charge in [-0.05, 0) is 36.3 Å². The number of aliphatic hydroxyl groups is 1. The molecule has 82 valence electrons. The molecular formula is C13H17BrO. The van der Waals surface area contributed by atoms with Crippen molar-refractivity contribution in [2.75, 3.05) is 6.61 Å². The molecule has 1 aliphatic rings. The minimum atomic E-state index is 0.157. The maximum Gasteiger partial charge on any atom is 0.0490 e. The summed E-state index contributed by atoms with van der Waals surface area (Å²) in [5.74, 6) is 0. The van der Waals surface area contributed by atoms with Crippen LogP contribution in [0.2, 0.25) is 0 Å². The van der Waals surface area contributed by atoms with E-state index in [9.17, 15) is 5.11 Å². The lowest BCUT2D eigenvalue weighted by atomic mass is 9.81. The molecule has 0 unspecified atom stereocenters. The predicted molar refractivity (Wildman–Crippen MR) is 65.8 cm³/mol. The van der Waals surface area contributed by atoms with E-state index < -0.39 is 0 Å². The van der Waals surface area contributed by atoms with Gasteiger partial charge in [0.15, 0.2) is 0 Å². The van der Waals surface area contributed by atoms with Crippen LogP contribution in [0, 0.1) is 5.41 Å². The summed E-state index contributed by atoms with van der Waals surface area (Å²) in [5.41, 5.74) is 1.48. The zero-order valence-electron chi connectivity index (χ0n) is 8.88. The molecule has 0 heterocycles. The molecule has 0 spiro atoms. The molecule has 1 saturated carbocycles. The largest absolute Gasteiger partial charge is 0.396 e.